The summed E-state index contributed by atoms with van der Waals surface area (Å²) in [5, 5.41) is 0. The molecule has 1 nitrogen and oxygen atoms in total. The summed E-state index contributed by atoms with van der Waals surface area (Å²) in [7, 11) is 0. The Hall–Kier alpha value is -1.37. The molecule has 1 heteroatoms. The summed E-state index contributed by atoms with van der Waals surface area (Å²) in [6, 6.07) is 8.17. The molecule has 0 radical (unpaired) electrons. The van der Waals surface area contributed by atoms with Gasteiger partial charge in [-0.25, -0.2) is 0 Å². The maximum Gasteiger partial charge on any atom is 0.138 e. The fraction of sp³-hybridized carbons (Fsp3) is 0.250. The quantitative estimate of drug-likeness (QED) is 0.627. The summed E-state index contributed by atoms with van der Waals surface area (Å²) in [5.74, 6) is 0.441. The molecule has 1 aromatic carbocycles. The zero-order valence-electron chi connectivity index (χ0n) is 7.66. The Morgan fingerprint density at radius 3 is 2.77 bits per heavy atom. The van der Waals surface area contributed by atoms with Crippen LogP contribution in [0, 0.1) is 0 Å². The van der Waals surface area contributed by atoms with Crippen LogP contribution >= 0.6 is 0 Å². The van der Waals surface area contributed by atoms with Crippen molar-refractivity contribution in [3.8, 4) is 0 Å². The fourth-order valence-corrected chi connectivity index (χ4v) is 2.12. The lowest BCUT2D eigenvalue weighted by Crippen LogP contribution is -2.10. The van der Waals surface area contributed by atoms with Crippen LogP contribution in [0.5, 0.6) is 0 Å². The first kappa shape index (κ1) is 8.24. The summed E-state index contributed by atoms with van der Waals surface area (Å²) in [4.78, 5) is 11.4. The third-order valence-electron chi connectivity index (χ3n) is 2.71. The molecule has 1 aromatic rings. The van der Waals surface area contributed by atoms with Gasteiger partial charge in [0.1, 0.15) is 5.78 Å². The number of hydrogen-bond donors (Lipinski definition) is 0. The molecular weight excluding hydrogens is 160 g/mol. The molecule has 0 saturated carbocycles. The second-order valence-corrected chi connectivity index (χ2v) is 3.52. The van der Waals surface area contributed by atoms with E-state index in [2.05, 4.69) is 18.7 Å². The molecular formula is C12H12O. The van der Waals surface area contributed by atoms with E-state index in [1.165, 1.54) is 5.56 Å². The van der Waals surface area contributed by atoms with E-state index in [9.17, 15) is 4.79 Å². The highest BCUT2D eigenvalue weighted by Gasteiger charge is 2.31. The number of allylic oxidation sites excluding steroid dienone is 1. The monoisotopic (exact) mass is 172 g/mol. The van der Waals surface area contributed by atoms with Gasteiger partial charge in [-0.05, 0) is 18.1 Å². The van der Waals surface area contributed by atoms with Crippen LogP contribution in [0.4, 0.5) is 0 Å². The van der Waals surface area contributed by atoms with Gasteiger partial charge in [-0.2, -0.15) is 0 Å². The molecule has 1 aliphatic carbocycles. The van der Waals surface area contributed by atoms with Gasteiger partial charge in [-0.1, -0.05) is 30.3 Å². The predicted molar refractivity (Wildman–Crippen MR) is 52.8 cm³/mol. The van der Waals surface area contributed by atoms with Gasteiger partial charge >= 0.3 is 0 Å². The topological polar surface area (TPSA) is 17.1 Å². The minimum atomic E-state index is 0.0162. The maximum atomic E-state index is 11.4. The van der Waals surface area contributed by atoms with Crippen LogP contribution in [0.2, 0.25) is 0 Å². The summed E-state index contributed by atoms with van der Waals surface area (Å²) in [6.45, 7) is 5.43. The predicted octanol–water partition coefficient (Wildman–Crippen LogP) is 2.64. The number of rotatable bonds is 2. The van der Waals surface area contributed by atoms with Gasteiger partial charge in [0.05, 0.1) is 5.92 Å². The molecule has 0 aromatic heterocycles. The highest BCUT2D eigenvalue weighted by atomic mass is 16.1. The van der Waals surface area contributed by atoms with Crippen LogP contribution in [-0.4, -0.2) is 5.78 Å². The Morgan fingerprint density at radius 2 is 2.15 bits per heavy atom. The molecule has 0 aliphatic heterocycles. The Bertz CT molecular complexity index is 365. The van der Waals surface area contributed by atoms with Crippen LogP contribution in [0.25, 0.3) is 0 Å². The number of carbonyl (C=O) groups excluding carboxylic acids is 1. The number of benzene rings is 1. The van der Waals surface area contributed by atoms with Crippen molar-refractivity contribution < 1.29 is 4.79 Å². The van der Waals surface area contributed by atoms with E-state index in [1.807, 2.05) is 18.2 Å². The second kappa shape index (κ2) is 2.84. The van der Waals surface area contributed by atoms with Crippen molar-refractivity contribution in [3.05, 3.63) is 48.0 Å². The molecule has 0 heterocycles. The van der Waals surface area contributed by atoms with Crippen LogP contribution < -0.4 is 0 Å². The van der Waals surface area contributed by atoms with E-state index in [0.717, 1.165) is 5.56 Å². The van der Waals surface area contributed by atoms with E-state index < -0.39 is 0 Å². The van der Waals surface area contributed by atoms with E-state index in [1.54, 1.807) is 6.92 Å². The van der Waals surface area contributed by atoms with E-state index in [0.29, 0.717) is 0 Å². The van der Waals surface area contributed by atoms with Crippen molar-refractivity contribution >= 4 is 5.78 Å². The van der Waals surface area contributed by atoms with Crippen molar-refractivity contribution in [1.82, 2.24) is 0 Å². The molecule has 13 heavy (non-hydrogen) atoms. The molecule has 1 aliphatic rings. The largest absolute Gasteiger partial charge is 0.299 e. The molecule has 66 valence electrons. The summed E-state index contributed by atoms with van der Waals surface area (Å²) >= 11 is 0. The minimum absolute atomic E-state index is 0.0162. The summed E-state index contributed by atoms with van der Waals surface area (Å²) < 4.78 is 0. The molecule has 0 spiro atoms. The van der Waals surface area contributed by atoms with Crippen molar-refractivity contribution in [3.63, 3.8) is 0 Å². The number of fused-ring (bicyclic) bond motifs is 2. The van der Waals surface area contributed by atoms with Crippen molar-refractivity contribution in [2.75, 3.05) is 0 Å². The van der Waals surface area contributed by atoms with Gasteiger partial charge in [0.15, 0.2) is 0 Å². The first-order valence-corrected chi connectivity index (χ1v) is 4.47. The lowest BCUT2D eigenvalue weighted by molar-refractivity contribution is -0.118. The Morgan fingerprint density at radius 1 is 1.46 bits per heavy atom. The third-order valence-corrected chi connectivity index (χ3v) is 2.71. The molecule has 2 unspecified atom stereocenters. The lowest BCUT2D eigenvalue weighted by atomic mass is 9.88. The van der Waals surface area contributed by atoms with Gasteiger partial charge in [0.25, 0.3) is 0 Å². The summed E-state index contributed by atoms with van der Waals surface area (Å²) in [5.41, 5.74) is 2.35. The molecule has 0 saturated heterocycles. The normalized spacial score (nSPS) is 24.4. The average molecular weight is 172 g/mol. The Balaban J connectivity index is 2.50. The zero-order valence-corrected chi connectivity index (χ0v) is 7.66. The Kier molecular flexibility index (Phi) is 1.80. The van der Waals surface area contributed by atoms with Crippen LogP contribution in [-0.2, 0) is 4.79 Å². The number of hydrogen-bond acceptors (Lipinski definition) is 1. The van der Waals surface area contributed by atoms with Gasteiger partial charge < -0.3 is 0 Å². The number of ketones is 1. The smallest absolute Gasteiger partial charge is 0.138 e. The van der Waals surface area contributed by atoms with E-state index in [-0.39, 0.29) is 17.6 Å². The summed E-state index contributed by atoms with van der Waals surface area (Å²) in [6.07, 6.45) is 1.87. The minimum Gasteiger partial charge on any atom is -0.299 e. The Labute approximate surface area is 78.1 Å². The average Bonchev–Trinajstić information content (AvgIpc) is 2.37. The maximum absolute atomic E-state index is 11.4. The van der Waals surface area contributed by atoms with Crippen LogP contribution in [0.15, 0.2) is 36.9 Å². The molecule has 0 fully saturated rings. The van der Waals surface area contributed by atoms with Crippen molar-refractivity contribution in [2.24, 2.45) is 0 Å². The number of Topliss-reactive ketones (excluding diaryl/α,β-unsaturated/α-hetero) is 1. The van der Waals surface area contributed by atoms with Gasteiger partial charge in [0, 0.05) is 5.92 Å². The molecule has 0 amide bonds. The van der Waals surface area contributed by atoms with E-state index >= 15 is 0 Å². The van der Waals surface area contributed by atoms with Crippen molar-refractivity contribution in [2.45, 2.75) is 18.8 Å². The first-order valence-electron chi connectivity index (χ1n) is 4.47. The first-order chi connectivity index (χ1) is 6.24. The molecule has 2 rings (SSSR count). The molecule has 2 bridgehead atoms. The molecule has 0 N–H and O–H groups in total. The van der Waals surface area contributed by atoms with E-state index in [4.69, 9.17) is 0 Å². The highest BCUT2D eigenvalue weighted by Crippen LogP contribution is 2.41. The van der Waals surface area contributed by atoms with Crippen LogP contribution in [0.3, 0.4) is 0 Å². The standard InChI is InChI=1S/C12H12O/c1-3-11-9-5-4-6-10(7-9)12(11)8(2)13/h3-7,11-12H,1H2,2H3. The fourth-order valence-electron chi connectivity index (χ4n) is 2.12. The van der Waals surface area contributed by atoms with Crippen molar-refractivity contribution in [1.29, 1.82) is 0 Å². The number of carbonyl (C=O) groups is 1. The molecule has 2 atom stereocenters. The van der Waals surface area contributed by atoms with Gasteiger partial charge in [0.2, 0.25) is 0 Å². The second-order valence-electron chi connectivity index (χ2n) is 3.52. The zero-order chi connectivity index (χ0) is 9.42. The highest BCUT2D eigenvalue weighted by molar-refractivity contribution is 5.86. The lowest BCUT2D eigenvalue weighted by Gasteiger charge is -2.13. The van der Waals surface area contributed by atoms with Gasteiger partial charge in [-0.15, -0.1) is 6.58 Å². The van der Waals surface area contributed by atoms with Gasteiger partial charge in [-0.3, -0.25) is 4.79 Å². The third kappa shape index (κ3) is 1.12. The SMILES string of the molecule is C=CC1c2cccc(c2)C1C(C)=O. The van der Waals surface area contributed by atoms with Crippen LogP contribution in [0.1, 0.15) is 29.9 Å².